The Morgan fingerprint density at radius 2 is 2.12 bits per heavy atom. The van der Waals surface area contributed by atoms with Crippen molar-refractivity contribution in [1.82, 2.24) is 9.88 Å². The Morgan fingerprint density at radius 3 is 2.94 bits per heavy atom. The molecule has 0 aliphatic carbocycles. The zero-order valence-electron chi connectivity index (χ0n) is 10.5. The van der Waals surface area contributed by atoms with Crippen molar-refractivity contribution in [2.75, 3.05) is 31.1 Å². The largest absolute Gasteiger partial charge is 0.354 e. The molecule has 2 fully saturated rings. The molecule has 1 aromatic rings. The van der Waals surface area contributed by atoms with Crippen molar-refractivity contribution in [3.8, 4) is 0 Å². The van der Waals surface area contributed by atoms with E-state index in [1.165, 1.54) is 25.9 Å². The maximum absolute atomic E-state index is 4.46. The highest BCUT2D eigenvalue weighted by Crippen LogP contribution is 2.26. The van der Waals surface area contributed by atoms with Crippen molar-refractivity contribution >= 4 is 5.82 Å². The lowest BCUT2D eigenvalue weighted by Gasteiger charge is -2.46. The molecule has 0 saturated carbocycles. The second-order valence-electron chi connectivity index (χ2n) is 5.47. The van der Waals surface area contributed by atoms with Gasteiger partial charge in [0.15, 0.2) is 0 Å². The van der Waals surface area contributed by atoms with Crippen LogP contribution in [-0.2, 0) is 0 Å². The van der Waals surface area contributed by atoms with E-state index in [0.29, 0.717) is 0 Å². The van der Waals surface area contributed by atoms with Crippen LogP contribution in [0.5, 0.6) is 0 Å². The molecule has 0 spiro atoms. The molecule has 0 N–H and O–H groups in total. The van der Waals surface area contributed by atoms with Gasteiger partial charge in [0.1, 0.15) is 5.82 Å². The molecule has 0 amide bonds. The Bertz CT molecular complexity index is 365. The van der Waals surface area contributed by atoms with Crippen LogP contribution >= 0.6 is 0 Å². The van der Waals surface area contributed by atoms with Crippen molar-refractivity contribution in [2.45, 2.75) is 25.8 Å². The number of piperazine rings is 1. The van der Waals surface area contributed by atoms with Gasteiger partial charge >= 0.3 is 0 Å². The summed E-state index contributed by atoms with van der Waals surface area (Å²) in [7, 11) is 0. The second kappa shape index (κ2) is 4.65. The standard InChI is InChI=1S/C14H21N3/c1-12-5-6-13-11-17(9-8-16(13)10-12)14-4-2-3-7-15-14/h2-4,7,12-13H,5-6,8-11H2,1H3. The molecule has 0 radical (unpaired) electrons. The van der Waals surface area contributed by atoms with E-state index in [-0.39, 0.29) is 0 Å². The fourth-order valence-corrected chi connectivity index (χ4v) is 3.12. The third-order valence-electron chi connectivity index (χ3n) is 4.12. The van der Waals surface area contributed by atoms with Crippen LogP contribution < -0.4 is 4.90 Å². The molecule has 2 atom stereocenters. The maximum Gasteiger partial charge on any atom is 0.128 e. The molecular formula is C14H21N3. The van der Waals surface area contributed by atoms with Crippen molar-refractivity contribution < 1.29 is 0 Å². The van der Waals surface area contributed by atoms with E-state index in [2.05, 4.69) is 33.8 Å². The van der Waals surface area contributed by atoms with E-state index in [1.807, 2.05) is 12.3 Å². The van der Waals surface area contributed by atoms with Gasteiger partial charge < -0.3 is 4.90 Å². The Hall–Kier alpha value is -1.09. The Balaban J connectivity index is 1.68. The summed E-state index contributed by atoms with van der Waals surface area (Å²) < 4.78 is 0. The van der Waals surface area contributed by atoms with Gasteiger partial charge in [0.25, 0.3) is 0 Å². The minimum absolute atomic E-state index is 0.752. The van der Waals surface area contributed by atoms with E-state index in [0.717, 1.165) is 30.9 Å². The number of hydrogen-bond acceptors (Lipinski definition) is 3. The first-order valence-corrected chi connectivity index (χ1v) is 6.73. The topological polar surface area (TPSA) is 19.4 Å². The van der Waals surface area contributed by atoms with Gasteiger partial charge in [-0.05, 0) is 30.9 Å². The molecule has 1 aromatic heterocycles. The predicted octanol–water partition coefficient (Wildman–Crippen LogP) is 2.00. The summed E-state index contributed by atoms with van der Waals surface area (Å²) in [6.07, 6.45) is 4.63. The third kappa shape index (κ3) is 2.29. The highest BCUT2D eigenvalue weighted by Gasteiger charge is 2.31. The molecule has 3 rings (SSSR count). The van der Waals surface area contributed by atoms with Crippen molar-refractivity contribution in [3.05, 3.63) is 24.4 Å². The van der Waals surface area contributed by atoms with Crippen LogP contribution in [0.4, 0.5) is 5.82 Å². The second-order valence-corrected chi connectivity index (χ2v) is 5.47. The normalized spacial score (nSPS) is 30.1. The minimum atomic E-state index is 0.752. The highest BCUT2D eigenvalue weighted by atomic mass is 15.3. The van der Waals surface area contributed by atoms with Crippen LogP contribution in [0.2, 0.25) is 0 Å². The van der Waals surface area contributed by atoms with E-state index in [4.69, 9.17) is 0 Å². The molecule has 0 aromatic carbocycles. The summed E-state index contributed by atoms with van der Waals surface area (Å²) in [5.74, 6) is 2.03. The monoisotopic (exact) mass is 231 g/mol. The minimum Gasteiger partial charge on any atom is -0.354 e. The van der Waals surface area contributed by atoms with Crippen LogP contribution in [0.3, 0.4) is 0 Å². The van der Waals surface area contributed by atoms with Gasteiger partial charge in [-0.25, -0.2) is 4.98 Å². The molecule has 2 aliphatic heterocycles. The lowest BCUT2D eigenvalue weighted by molar-refractivity contribution is 0.102. The van der Waals surface area contributed by atoms with Gasteiger partial charge in [-0.15, -0.1) is 0 Å². The first kappa shape index (κ1) is 11.0. The number of aromatic nitrogens is 1. The zero-order chi connectivity index (χ0) is 11.7. The van der Waals surface area contributed by atoms with Crippen molar-refractivity contribution in [2.24, 2.45) is 5.92 Å². The third-order valence-corrected chi connectivity index (χ3v) is 4.12. The quantitative estimate of drug-likeness (QED) is 0.737. The fourth-order valence-electron chi connectivity index (χ4n) is 3.12. The molecule has 2 aliphatic rings. The van der Waals surface area contributed by atoms with Gasteiger partial charge in [0.05, 0.1) is 0 Å². The predicted molar refractivity (Wildman–Crippen MR) is 70.2 cm³/mol. The van der Waals surface area contributed by atoms with Crippen molar-refractivity contribution in [3.63, 3.8) is 0 Å². The van der Waals surface area contributed by atoms with Crippen LogP contribution in [-0.4, -0.2) is 42.1 Å². The molecule has 92 valence electrons. The molecule has 2 unspecified atom stereocenters. The molecule has 17 heavy (non-hydrogen) atoms. The summed E-state index contributed by atoms with van der Waals surface area (Å²) in [6, 6.07) is 6.95. The Labute approximate surface area is 103 Å². The highest BCUT2D eigenvalue weighted by molar-refractivity contribution is 5.38. The van der Waals surface area contributed by atoms with E-state index < -0.39 is 0 Å². The summed E-state index contributed by atoms with van der Waals surface area (Å²) in [5.41, 5.74) is 0. The number of anilines is 1. The Kier molecular flexibility index (Phi) is 3.02. The smallest absolute Gasteiger partial charge is 0.128 e. The lowest BCUT2D eigenvalue weighted by Crippen LogP contribution is -2.56. The van der Waals surface area contributed by atoms with E-state index >= 15 is 0 Å². The maximum atomic E-state index is 4.46. The Morgan fingerprint density at radius 1 is 1.18 bits per heavy atom. The lowest BCUT2D eigenvalue weighted by atomic mass is 9.92. The molecule has 2 saturated heterocycles. The van der Waals surface area contributed by atoms with Gasteiger partial charge in [-0.1, -0.05) is 13.0 Å². The van der Waals surface area contributed by atoms with Crippen LogP contribution in [0, 0.1) is 5.92 Å². The first-order valence-electron chi connectivity index (χ1n) is 6.73. The number of rotatable bonds is 1. The average molecular weight is 231 g/mol. The SMILES string of the molecule is CC1CCC2CN(c3ccccn3)CCN2C1. The summed E-state index contributed by atoms with van der Waals surface area (Å²) in [5, 5.41) is 0. The number of nitrogens with zero attached hydrogens (tertiary/aromatic N) is 3. The van der Waals surface area contributed by atoms with E-state index in [9.17, 15) is 0 Å². The fraction of sp³-hybridized carbons (Fsp3) is 0.643. The average Bonchev–Trinajstić information content (AvgIpc) is 2.39. The summed E-state index contributed by atoms with van der Waals surface area (Å²) >= 11 is 0. The molecular weight excluding hydrogens is 210 g/mol. The van der Waals surface area contributed by atoms with Gasteiger partial charge in [0, 0.05) is 38.4 Å². The number of piperidine rings is 1. The first-order chi connectivity index (χ1) is 8.33. The zero-order valence-corrected chi connectivity index (χ0v) is 10.5. The van der Waals surface area contributed by atoms with Crippen molar-refractivity contribution in [1.29, 1.82) is 0 Å². The molecule has 3 heteroatoms. The molecule has 3 heterocycles. The van der Waals surface area contributed by atoms with Crippen LogP contribution in [0.25, 0.3) is 0 Å². The van der Waals surface area contributed by atoms with Gasteiger partial charge in [-0.2, -0.15) is 0 Å². The number of pyridine rings is 1. The van der Waals surface area contributed by atoms with Gasteiger partial charge in [0.2, 0.25) is 0 Å². The van der Waals surface area contributed by atoms with E-state index in [1.54, 1.807) is 0 Å². The number of fused-ring (bicyclic) bond motifs is 1. The van der Waals surface area contributed by atoms with Gasteiger partial charge in [-0.3, -0.25) is 4.90 Å². The molecule has 0 bridgehead atoms. The summed E-state index contributed by atoms with van der Waals surface area (Å²) in [4.78, 5) is 9.58. The number of hydrogen-bond donors (Lipinski definition) is 0. The van der Waals surface area contributed by atoms with Crippen LogP contribution in [0.1, 0.15) is 19.8 Å². The molecule has 3 nitrogen and oxygen atoms in total. The van der Waals surface area contributed by atoms with Crippen LogP contribution in [0.15, 0.2) is 24.4 Å². The summed E-state index contributed by atoms with van der Waals surface area (Å²) in [6.45, 7) is 7.15.